The van der Waals surface area contributed by atoms with Crippen LogP contribution in [0.15, 0.2) is 27.4 Å². The molecule has 0 atom stereocenters. The minimum atomic E-state index is -3.23. The maximum atomic E-state index is 13.5. The predicted molar refractivity (Wildman–Crippen MR) is 55.6 cm³/mol. The number of hydrogen-bond acceptors (Lipinski definition) is 3. The Balaban J connectivity index is 2.63. The van der Waals surface area contributed by atoms with Crippen molar-refractivity contribution >= 4 is 11.1 Å². The van der Waals surface area contributed by atoms with Crippen molar-refractivity contribution in [2.24, 2.45) is 7.05 Å². The Kier molecular flexibility index (Phi) is 2.46. The summed E-state index contributed by atoms with van der Waals surface area (Å²) >= 11 is 0. The Hall–Kier alpha value is -2.16. The molecule has 0 saturated heterocycles. The van der Waals surface area contributed by atoms with E-state index in [-0.39, 0.29) is 16.7 Å². The van der Waals surface area contributed by atoms with Crippen molar-refractivity contribution in [1.82, 2.24) is 4.57 Å². The van der Waals surface area contributed by atoms with Crippen LogP contribution < -0.4 is 5.76 Å². The van der Waals surface area contributed by atoms with Crippen LogP contribution in [0, 0.1) is 11.3 Å². The molecule has 0 aliphatic carbocycles. The minimum absolute atomic E-state index is 0.244. The zero-order chi connectivity index (χ0) is 12.6. The standard InChI is InChI=1S/C11H8F2N2O2/c1-15-8-6-7(11(12,13)4-5-14)2-3-9(8)17-10(15)16/h2-3,6H,4H2,1H3. The van der Waals surface area contributed by atoms with Gasteiger partial charge >= 0.3 is 5.76 Å². The molecule has 1 aromatic heterocycles. The fourth-order valence-corrected chi connectivity index (χ4v) is 1.56. The maximum Gasteiger partial charge on any atom is 0.419 e. The molecule has 1 aromatic carbocycles. The second-order valence-corrected chi connectivity index (χ2v) is 3.65. The molecule has 0 fully saturated rings. The van der Waals surface area contributed by atoms with Gasteiger partial charge in [0.25, 0.3) is 5.92 Å². The third-order valence-electron chi connectivity index (χ3n) is 2.51. The van der Waals surface area contributed by atoms with E-state index in [1.165, 1.54) is 19.2 Å². The van der Waals surface area contributed by atoms with Gasteiger partial charge in [-0.25, -0.2) is 13.6 Å². The van der Waals surface area contributed by atoms with E-state index in [1.807, 2.05) is 0 Å². The second kappa shape index (κ2) is 3.70. The fraction of sp³-hybridized carbons (Fsp3) is 0.273. The number of aromatic nitrogens is 1. The summed E-state index contributed by atoms with van der Waals surface area (Å²) in [5.41, 5.74) is 0.224. The number of fused-ring (bicyclic) bond motifs is 1. The predicted octanol–water partition coefficient (Wildman–Crippen LogP) is 2.14. The van der Waals surface area contributed by atoms with Gasteiger partial charge in [-0.1, -0.05) is 0 Å². The van der Waals surface area contributed by atoms with Crippen molar-refractivity contribution in [2.75, 3.05) is 0 Å². The lowest BCUT2D eigenvalue weighted by Gasteiger charge is -2.12. The van der Waals surface area contributed by atoms with E-state index in [9.17, 15) is 13.6 Å². The van der Waals surface area contributed by atoms with E-state index < -0.39 is 18.1 Å². The summed E-state index contributed by atoms with van der Waals surface area (Å²) in [7, 11) is 1.43. The number of hydrogen-bond donors (Lipinski definition) is 0. The Bertz CT molecular complexity index is 664. The summed E-state index contributed by atoms with van der Waals surface area (Å²) in [5, 5.41) is 8.33. The number of halogens is 2. The van der Waals surface area contributed by atoms with Crippen LogP contribution >= 0.6 is 0 Å². The monoisotopic (exact) mass is 238 g/mol. The van der Waals surface area contributed by atoms with Gasteiger partial charge in [0.1, 0.15) is 6.42 Å². The number of oxazole rings is 1. The average Bonchev–Trinajstić information content (AvgIpc) is 2.54. The highest BCUT2D eigenvalue weighted by molar-refractivity contribution is 5.73. The molecular weight excluding hydrogens is 230 g/mol. The molecule has 0 bridgehead atoms. The van der Waals surface area contributed by atoms with E-state index in [2.05, 4.69) is 0 Å². The first-order valence-corrected chi connectivity index (χ1v) is 4.80. The largest absolute Gasteiger partial charge is 0.419 e. The first-order chi connectivity index (χ1) is 7.95. The Morgan fingerprint density at radius 2 is 2.24 bits per heavy atom. The van der Waals surface area contributed by atoms with Crippen LogP contribution in [-0.4, -0.2) is 4.57 Å². The Morgan fingerprint density at radius 3 is 2.88 bits per heavy atom. The SMILES string of the molecule is Cn1c(=O)oc2ccc(C(F)(F)CC#N)cc21. The molecule has 0 N–H and O–H groups in total. The molecule has 17 heavy (non-hydrogen) atoms. The van der Waals surface area contributed by atoms with Gasteiger partial charge in [-0.15, -0.1) is 0 Å². The molecule has 0 unspecified atom stereocenters. The van der Waals surface area contributed by atoms with E-state index in [0.29, 0.717) is 0 Å². The molecule has 0 aliphatic rings. The third-order valence-corrected chi connectivity index (χ3v) is 2.51. The van der Waals surface area contributed by atoms with Crippen molar-refractivity contribution in [3.63, 3.8) is 0 Å². The number of nitriles is 1. The summed E-state index contributed by atoms with van der Waals surface area (Å²) in [5.74, 6) is -3.84. The highest BCUT2D eigenvalue weighted by atomic mass is 19.3. The van der Waals surface area contributed by atoms with Gasteiger partial charge in [0.2, 0.25) is 0 Å². The smallest absolute Gasteiger partial charge is 0.408 e. The quantitative estimate of drug-likeness (QED) is 0.805. The summed E-state index contributed by atoms with van der Waals surface area (Å²) in [6, 6.07) is 5.05. The topological polar surface area (TPSA) is 58.9 Å². The lowest BCUT2D eigenvalue weighted by atomic mass is 10.1. The highest BCUT2D eigenvalue weighted by Crippen LogP contribution is 2.32. The van der Waals surface area contributed by atoms with Crippen LogP contribution in [-0.2, 0) is 13.0 Å². The highest BCUT2D eigenvalue weighted by Gasteiger charge is 2.31. The van der Waals surface area contributed by atoms with Gasteiger partial charge in [0, 0.05) is 12.6 Å². The summed E-state index contributed by atoms with van der Waals surface area (Å²) in [6.07, 6.45) is -0.899. The van der Waals surface area contributed by atoms with E-state index in [1.54, 1.807) is 0 Å². The van der Waals surface area contributed by atoms with E-state index in [4.69, 9.17) is 9.68 Å². The number of nitrogens with zero attached hydrogens (tertiary/aromatic N) is 2. The number of alkyl halides is 2. The molecule has 0 amide bonds. The molecule has 6 heteroatoms. The average molecular weight is 238 g/mol. The van der Waals surface area contributed by atoms with Gasteiger partial charge in [0.15, 0.2) is 5.58 Å². The van der Waals surface area contributed by atoms with E-state index in [0.717, 1.165) is 16.7 Å². The van der Waals surface area contributed by atoms with Gasteiger partial charge in [-0.2, -0.15) is 5.26 Å². The summed E-state index contributed by atoms with van der Waals surface area (Å²) < 4.78 is 32.9. The molecule has 2 rings (SSSR count). The molecule has 2 aromatic rings. The van der Waals surface area contributed by atoms with Crippen LogP contribution in [0.3, 0.4) is 0 Å². The van der Waals surface area contributed by atoms with E-state index >= 15 is 0 Å². The second-order valence-electron chi connectivity index (χ2n) is 3.65. The van der Waals surface area contributed by atoms with Crippen molar-refractivity contribution < 1.29 is 13.2 Å². The molecule has 0 spiro atoms. The van der Waals surface area contributed by atoms with Gasteiger partial charge in [0.05, 0.1) is 11.6 Å². The van der Waals surface area contributed by atoms with Crippen LogP contribution in [0.5, 0.6) is 0 Å². The molecule has 0 saturated carbocycles. The summed E-state index contributed by atoms with van der Waals surface area (Å²) in [4.78, 5) is 11.2. The first-order valence-electron chi connectivity index (χ1n) is 4.80. The van der Waals surface area contributed by atoms with Gasteiger partial charge < -0.3 is 4.42 Å². The van der Waals surface area contributed by atoms with Crippen LogP contribution in [0.2, 0.25) is 0 Å². The van der Waals surface area contributed by atoms with Crippen LogP contribution in [0.1, 0.15) is 12.0 Å². The Morgan fingerprint density at radius 1 is 1.53 bits per heavy atom. The van der Waals surface area contributed by atoms with Crippen LogP contribution in [0.25, 0.3) is 11.1 Å². The van der Waals surface area contributed by atoms with Crippen molar-refractivity contribution in [2.45, 2.75) is 12.3 Å². The van der Waals surface area contributed by atoms with Gasteiger partial charge in [-0.05, 0) is 18.2 Å². The molecule has 1 heterocycles. The molecule has 4 nitrogen and oxygen atoms in total. The van der Waals surface area contributed by atoms with Crippen molar-refractivity contribution in [3.8, 4) is 6.07 Å². The lowest BCUT2D eigenvalue weighted by Crippen LogP contribution is -2.13. The number of rotatable bonds is 2. The van der Waals surface area contributed by atoms with Crippen molar-refractivity contribution in [1.29, 1.82) is 5.26 Å². The Labute approximate surface area is 94.7 Å². The third kappa shape index (κ3) is 1.80. The number of aryl methyl sites for hydroxylation is 1. The first kappa shape index (κ1) is 11.3. The summed E-state index contributed by atoms with van der Waals surface area (Å²) in [6.45, 7) is 0. The normalized spacial score (nSPS) is 11.6. The van der Waals surface area contributed by atoms with Crippen molar-refractivity contribution in [3.05, 3.63) is 34.3 Å². The molecule has 0 aliphatic heterocycles. The molecule has 0 radical (unpaired) electrons. The minimum Gasteiger partial charge on any atom is -0.408 e. The fourth-order valence-electron chi connectivity index (χ4n) is 1.56. The number of benzene rings is 1. The zero-order valence-electron chi connectivity index (χ0n) is 8.91. The van der Waals surface area contributed by atoms with Crippen LogP contribution in [0.4, 0.5) is 8.78 Å². The zero-order valence-corrected chi connectivity index (χ0v) is 8.91. The molecule has 88 valence electrons. The molecular formula is C11H8F2N2O2. The lowest BCUT2D eigenvalue weighted by molar-refractivity contribution is 0.00106. The van der Waals surface area contributed by atoms with Gasteiger partial charge in [-0.3, -0.25) is 4.57 Å². The maximum absolute atomic E-state index is 13.5.